The second kappa shape index (κ2) is 3.14. The molecule has 0 spiro atoms. The van der Waals surface area contributed by atoms with Gasteiger partial charge in [0.15, 0.2) is 9.84 Å². The molecule has 0 radical (unpaired) electrons. The van der Waals surface area contributed by atoms with Crippen molar-refractivity contribution in [3.05, 3.63) is 0 Å². The van der Waals surface area contributed by atoms with Crippen LogP contribution in [0.15, 0.2) is 0 Å². The summed E-state index contributed by atoms with van der Waals surface area (Å²) in [5.74, 6) is -0.0231. The van der Waals surface area contributed by atoms with Gasteiger partial charge >= 0.3 is 0 Å². The first-order chi connectivity index (χ1) is 4.00. The monoisotopic (exact) mass is 152 g/mol. The summed E-state index contributed by atoms with van der Waals surface area (Å²) < 4.78 is 21.5. The van der Waals surface area contributed by atoms with Gasteiger partial charge < -0.3 is 11.5 Å². The lowest BCUT2D eigenvalue weighted by Crippen LogP contribution is -2.31. The van der Waals surface area contributed by atoms with Gasteiger partial charge in [-0.15, -0.1) is 0 Å². The molecule has 0 aromatic heterocycles. The summed E-state index contributed by atoms with van der Waals surface area (Å²) >= 11 is 0. The molecule has 1 unspecified atom stereocenters. The van der Waals surface area contributed by atoms with Crippen LogP contribution in [0.1, 0.15) is 6.92 Å². The van der Waals surface area contributed by atoms with Crippen LogP contribution in [0.25, 0.3) is 0 Å². The average Bonchev–Trinajstić information content (AvgIpc) is 1.65. The second-order valence-corrected chi connectivity index (χ2v) is 4.34. The van der Waals surface area contributed by atoms with Gasteiger partial charge in [-0.1, -0.05) is 0 Å². The molecule has 0 bridgehead atoms. The van der Waals surface area contributed by atoms with Crippen LogP contribution in [-0.4, -0.2) is 26.1 Å². The molecule has 5 heteroatoms. The molecule has 0 heterocycles. The predicted molar refractivity (Wildman–Crippen MR) is 36.5 cm³/mol. The Labute approximate surface area is 55.1 Å². The molecule has 0 aromatic rings. The summed E-state index contributed by atoms with van der Waals surface area (Å²) in [7, 11) is -3.10. The first-order valence-electron chi connectivity index (χ1n) is 2.68. The highest BCUT2D eigenvalue weighted by Crippen LogP contribution is 1.92. The summed E-state index contributed by atoms with van der Waals surface area (Å²) in [5, 5.41) is -0.791. The van der Waals surface area contributed by atoms with Crippen molar-refractivity contribution in [2.45, 2.75) is 12.3 Å². The molecule has 0 aliphatic heterocycles. The van der Waals surface area contributed by atoms with Crippen LogP contribution in [0.4, 0.5) is 0 Å². The normalized spacial score (nSPS) is 15.4. The van der Waals surface area contributed by atoms with E-state index >= 15 is 0 Å². The number of nitrogens with two attached hydrogens (primary N) is 2. The van der Waals surface area contributed by atoms with E-state index in [-0.39, 0.29) is 12.3 Å². The van der Waals surface area contributed by atoms with Crippen LogP contribution in [0, 0.1) is 0 Å². The molecule has 0 saturated carbocycles. The van der Waals surface area contributed by atoms with Crippen LogP contribution in [0.2, 0.25) is 0 Å². The van der Waals surface area contributed by atoms with E-state index in [1.165, 1.54) is 6.92 Å². The molecule has 1 atom stereocenters. The Kier molecular flexibility index (Phi) is 3.10. The fraction of sp³-hybridized carbons (Fsp3) is 1.00. The van der Waals surface area contributed by atoms with Gasteiger partial charge in [0, 0.05) is 6.54 Å². The minimum atomic E-state index is -3.10. The van der Waals surface area contributed by atoms with Gasteiger partial charge in [0.2, 0.25) is 0 Å². The van der Waals surface area contributed by atoms with Gasteiger partial charge in [0.1, 0.15) is 5.37 Å². The third kappa shape index (κ3) is 2.78. The van der Waals surface area contributed by atoms with E-state index in [4.69, 9.17) is 11.5 Å². The van der Waals surface area contributed by atoms with Gasteiger partial charge in [-0.2, -0.15) is 0 Å². The zero-order valence-corrected chi connectivity index (χ0v) is 6.19. The molecule has 0 rings (SSSR count). The van der Waals surface area contributed by atoms with Crippen molar-refractivity contribution in [2.75, 3.05) is 12.3 Å². The number of hydrogen-bond acceptors (Lipinski definition) is 4. The highest BCUT2D eigenvalue weighted by atomic mass is 32.2. The number of rotatable bonds is 3. The maximum atomic E-state index is 10.7. The van der Waals surface area contributed by atoms with Crippen LogP contribution in [0.3, 0.4) is 0 Å². The highest BCUT2D eigenvalue weighted by molar-refractivity contribution is 7.91. The molecule has 0 aliphatic carbocycles. The summed E-state index contributed by atoms with van der Waals surface area (Å²) in [6.45, 7) is 1.58. The molecule has 4 nitrogen and oxygen atoms in total. The smallest absolute Gasteiger partial charge is 0.166 e. The Morgan fingerprint density at radius 2 is 2.00 bits per heavy atom. The molecule has 56 valence electrons. The van der Waals surface area contributed by atoms with Crippen LogP contribution < -0.4 is 11.5 Å². The van der Waals surface area contributed by atoms with Gasteiger partial charge in [0.05, 0.1) is 5.75 Å². The van der Waals surface area contributed by atoms with Crippen molar-refractivity contribution in [3.8, 4) is 0 Å². The third-order valence-corrected chi connectivity index (χ3v) is 2.91. The van der Waals surface area contributed by atoms with Crippen molar-refractivity contribution in [1.29, 1.82) is 0 Å². The van der Waals surface area contributed by atoms with Crippen molar-refractivity contribution in [1.82, 2.24) is 0 Å². The SMILES string of the molecule is CC(N)S(=O)(=O)CCN. The van der Waals surface area contributed by atoms with Crippen molar-refractivity contribution < 1.29 is 8.42 Å². The van der Waals surface area contributed by atoms with Gasteiger partial charge in [-0.25, -0.2) is 8.42 Å². The number of sulfone groups is 1. The zero-order valence-electron chi connectivity index (χ0n) is 5.37. The molecule has 0 aromatic carbocycles. The first kappa shape index (κ1) is 8.87. The lowest BCUT2D eigenvalue weighted by atomic mass is 10.8. The Morgan fingerprint density at radius 3 is 2.11 bits per heavy atom. The summed E-state index contributed by atoms with van der Waals surface area (Å²) in [4.78, 5) is 0. The van der Waals surface area contributed by atoms with Gasteiger partial charge in [-0.3, -0.25) is 0 Å². The van der Waals surface area contributed by atoms with E-state index in [0.717, 1.165) is 0 Å². The minimum absolute atomic E-state index is 0.0231. The molecule has 0 amide bonds. The van der Waals surface area contributed by atoms with E-state index < -0.39 is 15.2 Å². The summed E-state index contributed by atoms with van der Waals surface area (Å²) in [6, 6.07) is 0. The minimum Gasteiger partial charge on any atom is -0.329 e. The molecule has 0 aliphatic rings. The maximum absolute atomic E-state index is 10.7. The highest BCUT2D eigenvalue weighted by Gasteiger charge is 2.13. The number of hydrogen-bond donors (Lipinski definition) is 2. The second-order valence-electron chi connectivity index (χ2n) is 1.86. The lowest BCUT2D eigenvalue weighted by molar-refractivity contribution is 0.585. The van der Waals surface area contributed by atoms with E-state index in [9.17, 15) is 8.42 Å². The van der Waals surface area contributed by atoms with Gasteiger partial charge in [0.25, 0.3) is 0 Å². The van der Waals surface area contributed by atoms with E-state index in [2.05, 4.69) is 0 Å². The fourth-order valence-corrected chi connectivity index (χ4v) is 1.05. The standard InChI is InChI=1S/C4H12N2O2S/c1-4(6)9(7,8)3-2-5/h4H,2-3,5-6H2,1H3. The Bertz CT molecular complexity index is 161. The quantitative estimate of drug-likeness (QED) is 0.524. The van der Waals surface area contributed by atoms with Gasteiger partial charge in [-0.05, 0) is 6.92 Å². The van der Waals surface area contributed by atoms with Crippen LogP contribution >= 0.6 is 0 Å². The van der Waals surface area contributed by atoms with Crippen molar-refractivity contribution >= 4 is 9.84 Å². The molecular formula is C4H12N2O2S. The van der Waals surface area contributed by atoms with Crippen molar-refractivity contribution in [3.63, 3.8) is 0 Å². The van der Waals surface area contributed by atoms with Crippen LogP contribution in [0.5, 0.6) is 0 Å². The molecule has 0 fully saturated rings. The van der Waals surface area contributed by atoms with E-state index in [1.54, 1.807) is 0 Å². The molecular weight excluding hydrogens is 140 g/mol. The topological polar surface area (TPSA) is 86.2 Å². The van der Waals surface area contributed by atoms with E-state index in [0.29, 0.717) is 0 Å². The average molecular weight is 152 g/mol. The first-order valence-corrected chi connectivity index (χ1v) is 4.39. The Hall–Kier alpha value is -0.130. The van der Waals surface area contributed by atoms with Crippen LogP contribution in [-0.2, 0) is 9.84 Å². The zero-order chi connectivity index (χ0) is 7.49. The van der Waals surface area contributed by atoms with Crippen molar-refractivity contribution in [2.24, 2.45) is 11.5 Å². The summed E-state index contributed by atoms with van der Waals surface area (Å²) in [6.07, 6.45) is 0. The molecule has 4 N–H and O–H groups in total. The third-order valence-electron chi connectivity index (χ3n) is 0.969. The maximum Gasteiger partial charge on any atom is 0.166 e. The Morgan fingerprint density at radius 1 is 1.56 bits per heavy atom. The largest absolute Gasteiger partial charge is 0.329 e. The fourth-order valence-electron chi connectivity index (χ4n) is 0.350. The molecule has 0 saturated heterocycles. The summed E-state index contributed by atoms with van der Waals surface area (Å²) in [5.41, 5.74) is 10.1. The Balaban J connectivity index is 4.05. The lowest BCUT2D eigenvalue weighted by Gasteiger charge is -2.04. The predicted octanol–water partition coefficient (Wildman–Crippen LogP) is -1.34. The molecule has 9 heavy (non-hydrogen) atoms. The van der Waals surface area contributed by atoms with E-state index in [1.807, 2.05) is 0 Å².